The highest BCUT2D eigenvalue weighted by Crippen LogP contribution is 2.09. The highest BCUT2D eigenvalue weighted by molar-refractivity contribution is 5.79. The Bertz CT molecular complexity index is 620. The van der Waals surface area contributed by atoms with Crippen molar-refractivity contribution in [2.45, 2.75) is 26.8 Å². The summed E-state index contributed by atoms with van der Waals surface area (Å²) in [5.74, 6) is 0.816. The highest BCUT2D eigenvalue weighted by Gasteiger charge is 2.01. The topological polar surface area (TPSA) is 49.3 Å². The Kier molecular flexibility index (Phi) is 5.95. The van der Waals surface area contributed by atoms with Gasteiger partial charge in [-0.3, -0.25) is 9.98 Å². The van der Waals surface area contributed by atoms with Crippen LogP contribution >= 0.6 is 0 Å². The maximum Gasteiger partial charge on any atom is 0.191 e. The van der Waals surface area contributed by atoms with Crippen LogP contribution in [0.5, 0.6) is 0 Å². The van der Waals surface area contributed by atoms with Gasteiger partial charge in [0, 0.05) is 38.4 Å². The van der Waals surface area contributed by atoms with E-state index in [0.717, 1.165) is 31.2 Å². The summed E-state index contributed by atoms with van der Waals surface area (Å²) in [7, 11) is 1.79. The van der Waals surface area contributed by atoms with Crippen LogP contribution in [0.2, 0.25) is 0 Å². The van der Waals surface area contributed by atoms with Crippen molar-refractivity contribution in [2.75, 3.05) is 13.6 Å². The zero-order chi connectivity index (χ0) is 15.8. The SMILES string of the molecule is CN=C(NCCc1ccccn1)NCc1ccc(C)cc1C. The number of benzene rings is 1. The van der Waals surface area contributed by atoms with E-state index in [4.69, 9.17) is 0 Å². The zero-order valence-electron chi connectivity index (χ0n) is 13.6. The molecule has 2 N–H and O–H groups in total. The van der Waals surface area contributed by atoms with Gasteiger partial charge in [0.2, 0.25) is 0 Å². The first-order valence-corrected chi connectivity index (χ1v) is 7.59. The third-order valence-corrected chi connectivity index (χ3v) is 3.57. The number of nitrogens with one attached hydrogen (secondary N) is 2. The molecule has 2 rings (SSSR count). The van der Waals surface area contributed by atoms with Crippen LogP contribution < -0.4 is 10.6 Å². The molecule has 4 nitrogen and oxygen atoms in total. The van der Waals surface area contributed by atoms with Crippen LogP contribution in [0.15, 0.2) is 47.6 Å². The maximum atomic E-state index is 4.31. The van der Waals surface area contributed by atoms with E-state index in [1.807, 2.05) is 24.4 Å². The lowest BCUT2D eigenvalue weighted by Crippen LogP contribution is -2.38. The van der Waals surface area contributed by atoms with Gasteiger partial charge in [-0.05, 0) is 37.1 Å². The molecule has 0 aliphatic rings. The van der Waals surface area contributed by atoms with Crippen molar-refractivity contribution >= 4 is 5.96 Å². The van der Waals surface area contributed by atoms with Gasteiger partial charge >= 0.3 is 0 Å². The molecule has 0 aliphatic carbocycles. The summed E-state index contributed by atoms with van der Waals surface area (Å²) in [6.45, 7) is 5.84. The minimum absolute atomic E-state index is 0.773. The van der Waals surface area contributed by atoms with E-state index >= 15 is 0 Å². The van der Waals surface area contributed by atoms with Crippen molar-refractivity contribution < 1.29 is 0 Å². The predicted octanol–water partition coefficient (Wildman–Crippen LogP) is 2.61. The number of aromatic nitrogens is 1. The molecule has 4 heteroatoms. The number of pyridine rings is 1. The van der Waals surface area contributed by atoms with Crippen LogP contribution in [0.4, 0.5) is 0 Å². The Balaban J connectivity index is 1.80. The normalized spacial score (nSPS) is 11.3. The molecule has 116 valence electrons. The fraction of sp³-hybridized carbons (Fsp3) is 0.333. The van der Waals surface area contributed by atoms with Crippen LogP contribution in [0.3, 0.4) is 0 Å². The van der Waals surface area contributed by atoms with Crippen molar-refractivity contribution in [1.29, 1.82) is 0 Å². The standard InChI is InChI=1S/C18H24N4/c1-14-7-8-16(15(2)12-14)13-22-18(19-3)21-11-9-17-6-4-5-10-20-17/h4-8,10,12H,9,11,13H2,1-3H3,(H2,19,21,22). The summed E-state index contributed by atoms with van der Waals surface area (Å²) in [5, 5.41) is 6.67. The first kappa shape index (κ1) is 16.0. The lowest BCUT2D eigenvalue weighted by Gasteiger charge is -2.13. The first-order valence-electron chi connectivity index (χ1n) is 7.59. The van der Waals surface area contributed by atoms with Crippen LogP contribution in [0.25, 0.3) is 0 Å². The summed E-state index contributed by atoms with van der Waals surface area (Å²) in [4.78, 5) is 8.57. The molecule has 0 amide bonds. The second kappa shape index (κ2) is 8.17. The summed E-state index contributed by atoms with van der Waals surface area (Å²) >= 11 is 0. The molecule has 0 aliphatic heterocycles. The van der Waals surface area contributed by atoms with E-state index < -0.39 is 0 Å². The van der Waals surface area contributed by atoms with E-state index in [1.54, 1.807) is 7.05 Å². The fourth-order valence-electron chi connectivity index (χ4n) is 2.30. The molecule has 0 radical (unpaired) electrons. The van der Waals surface area contributed by atoms with Gasteiger partial charge < -0.3 is 10.6 Å². The fourth-order valence-corrected chi connectivity index (χ4v) is 2.30. The van der Waals surface area contributed by atoms with Gasteiger partial charge in [-0.25, -0.2) is 0 Å². The third kappa shape index (κ3) is 4.88. The Labute approximate surface area is 132 Å². The number of aliphatic imine (C=N–C) groups is 1. The van der Waals surface area contributed by atoms with Crippen molar-refractivity contribution in [3.05, 3.63) is 65.0 Å². The molecule has 0 fully saturated rings. The van der Waals surface area contributed by atoms with Crippen LogP contribution in [0.1, 0.15) is 22.4 Å². The van der Waals surface area contributed by atoms with Gasteiger partial charge in [0.05, 0.1) is 0 Å². The summed E-state index contributed by atoms with van der Waals surface area (Å²) in [6, 6.07) is 12.5. The molecule has 0 atom stereocenters. The molecule has 0 spiro atoms. The quantitative estimate of drug-likeness (QED) is 0.658. The number of hydrogen-bond donors (Lipinski definition) is 2. The average Bonchev–Trinajstić information content (AvgIpc) is 2.53. The van der Waals surface area contributed by atoms with Crippen molar-refractivity contribution in [2.24, 2.45) is 4.99 Å². The smallest absolute Gasteiger partial charge is 0.191 e. The Hall–Kier alpha value is -2.36. The molecule has 0 unspecified atom stereocenters. The monoisotopic (exact) mass is 296 g/mol. The Morgan fingerprint density at radius 2 is 2.00 bits per heavy atom. The van der Waals surface area contributed by atoms with Crippen molar-refractivity contribution in [1.82, 2.24) is 15.6 Å². The second-order valence-electron chi connectivity index (χ2n) is 5.35. The molecule has 22 heavy (non-hydrogen) atoms. The minimum atomic E-state index is 0.773. The van der Waals surface area contributed by atoms with Gasteiger partial charge in [0.15, 0.2) is 5.96 Å². The molecule has 1 aromatic carbocycles. The summed E-state index contributed by atoms with van der Waals surface area (Å²) in [5.41, 5.74) is 4.97. The number of hydrogen-bond acceptors (Lipinski definition) is 2. The highest BCUT2D eigenvalue weighted by atomic mass is 15.2. The Morgan fingerprint density at radius 1 is 1.14 bits per heavy atom. The van der Waals surface area contributed by atoms with E-state index in [0.29, 0.717) is 0 Å². The lowest BCUT2D eigenvalue weighted by molar-refractivity contribution is 0.782. The average molecular weight is 296 g/mol. The summed E-state index contributed by atoms with van der Waals surface area (Å²) < 4.78 is 0. The van der Waals surface area contributed by atoms with Crippen LogP contribution in [-0.2, 0) is 13.0 Å². The predicted molar refractivity (Wildman–Crippen MR) is 92.1 cm³/mol. The molecule has 1 heterocycles. The zero-order valence-corrected chi connectivity index (χ0v) is 13.6. The molecule has 0 saturated carbocycles. The number of nitrogens with zero attached hydrogens (tertiary/aromatic N) is 2. The minimum Gasteiger partial charge on any atom is -0.356 e. The first-order chi connectivity index (χ1) is 10.7. The third-order valence-electron chi connectivity index (χ3n) is 3.57. The molecule has 0 saturated heterocycles. The van der Waals surface area contributed by atoms with Gasteiger partial charge in [-0.15, -0.1) is 0 Å². The van der Waals surface area contributed by atoms with Crippen LogP contribution in [0, 0.1) is 13.8 Å². The van der Waals surface area contributed by atoms with Gasteiger partial charge in [0.1, 0.15) is 0 Å². The second-order valence-corrected chi connectivity index (χ2v) is 5.35. The van der Waals surface area contributed by atoms with E-state index in [9.17, 15) is 0 Å². The van der Waals surface area contributed by atoms with Crippen molar-refractivity contribution in [3.8, 4) is 0 Å². The molecule has 2 aromatic rings. The van der Waals surface area contributed by atoms with Crippen molar-refractivity contribution in [3.63, 3.8) is 0 Å². The van der Waals surface area contributed by atoms with Gasteiger partial charge in [-0.2, -0.15) is 0 Å². The molecule has 1 aromatic heterocycles. The van der Waals surface area contributed by atoms with Gasteiger partial charge in [-0.1, -0.05) is 29.8 Å². The number of rotatable bonds is 5. The van der Waals surface area contributed by atoms with E-state index in [2.05, 4.69) is 52.7 Å². The summed E-state index contributed by atoms with van der Waals surface area (Å²) in [6.07, 6.45) is 2.70. The maximum absolute atomic E-state index is 4.31. The lowest BCUT2D eigenvalue weighted by atomic mass is 10.1. The van der Waals surface area contributed by atoms with E-state index in [1.165, 1.54) is 16.7 Å². The molecular formula is C18H24N4. The van der Waals surface area contributed by atoms with E-state index in [-0.39, 0.29) is 0 Å². The number of aryl methyl sites for hydroxylation is 2. The molecular weight excluding hydrogens is 272 g/mol. The Morgan fingerprint density at radius 3 is 2.68 bits per heavy atom. The molecule has 0 bridgehead atoms. The largest absolute Gasteiger partial charge is 0.356 e. The number of guanidine groups is 1. The van der Waals surface area contributed by atoms with Crippen LogP contribution in [-0.4, -0.2) is 24.5 Å². The van der Waals surface area contributed by atoms with Gasteiger partial charge in [0.25, 0.3) is 0 Å².